The van der Waals surface area contributed by atoms with Gasteiger partial charge in [-0.05, 0) is 53.4 Å². The lowest BCUT2D eigenvalue weighted by atomic mass is 10.1. The number of aromatic amines is 1. The molecule has 3 heterocycles. The molecule has 4 aromatic rings. The Morgan fingerprint density at radius 2 is 1.91 bits per heavy atom. The van der Waals surface area contributed by atoms with Crippen LogP contribution in [0.5, 0.6) is 0 Å². The molecule has 0 aliphatic heterocycles. The highest BCUT2D eigenvalue weighted by Gasteiger charge is 2.13. The van der Waals surface area contributed by atoms with Crippen LogP contribution in [-0.4, -0.2) is 9.97 Å². The lowest BCUT2D eigenvalue weighted by Crippen LogP contribution is -2.15. The number of anilines is 2. The van der Waals surface area contributed by atoms with Gasteiger partial charge in [-0.2, -0.15) is 11.3 Å². The number of thiophene rings is 1. The van der Waals surface area contributed by atoms with E-state index in [1.807, 2.05) is 24.5 Å². The Kier molecular flexibility index (Phi) is 3.77. The summed E-state index contributed by atoms with van der Waals surface area (Å²) in [6, 6.07) is 14.2. The number of hydrogen-bond donors (Lipinski definition) is 1. The third-order valence-electron chi connectivity index (χ3n) is 3.84. The van der Waals surface area contributed by atoms with Crippen molar-refractivity contribution >= 4 is 45.3 Å². The SMILES string of the molecule is Clc1ccc(N(Cc2ccnc3[nH]ccc23)c2ccsc2)cc1. The zero-order chi connectivity index (χ0) is 15.6. The highest BCUT2D eigenvalue weighted by Crippen LogP contribution is 2.31. The van der Waals surface area contributed by atoms with E-state index in [2.05, 4.69) is 56.0 Å². The molecule has 0 fully saturated rings. The fourth-order valence-electron chi connectivity index (χ4n) is 2.69. The number of halogens is 1. The molecule has 0 saturated carbocycles. The van der Waals surface area contributed by atoms with Gasteiger partial charge in [0.15, 0.2) is 0 Å². The van der Waals surface area contributed by atoms with Crippen LogP contribution in [0.15, 0.2) is 65.6 Å². The van der Waals surface area contributed by atoms with Crippen molar-refractivity contribution in [3.8, 4) is 0 Å². The molecule has 0 aliphatic rings. The van der Waals surface area contributed by atoms with Crippen LogP contribution in [0.2, 0.25) is 5.02 Å². The summed E-state index contributed by atoms with van der Waals surface area (Å²) < 4.78 is 0. The molecule has 1 N–H and O–H groups in total. The number of hydrogen-bond acceptors (Lipinski definition) is 3. The van der Waals surface area contributed by atoms with Crippen molar-refractivity contribution in [2.45, 2.75) is 6.54 Å². The van der Waals surface area contributed by atoms with Crippen molar-refractivity contribution < 1.29 is 0 Å². The first-order valence-corrected chi connectivity index (χ1v) is 8.59. The molecule has 0 spiro atoms. The number of pyridine rings is 1. The van der Waals surface area contributed by atoms with E-state index in [0.717, 1.165) is 28.3 Å². The molecule has 5 heteroatoms. The first kappa shape index (κ1) is 14.3. The van der Waals surface area contributed by atoms with Gasteiger partial charge in [0.2, 0.25) is 0 Å². The lowest BCUT2D eigenvalue weighted by Gasteiger charge is -2.24. The molecular weight excluding hydrogens is 326 g/mol. The average Bonchev–Trinajstić information content (AvgIpc) is 3.25. The normalized spacial score (nSPS) is 11.0. The quantitative estimate of drug-likeness (QED) is 0.523. The zero-order valence-electron chi connectivity index (χ0n) is 12.2. The molecule has 0 saturated heterocycles. The average molecular weight is 340 g/mol. The summed E-state index contributed by atoms with van der Waals surface area (Å²) in [5.41, 5.74) is 4.45. The largest absolute Gasteiger partial charge is 0.346 e. The predicted octanol–water partition coefficient (Wildman–Crippen LogP) is 5.62. The summed E-state index contributed by atoms with van der Waals surface area (Å²) in [5, 5.41) is 6.15. The minimum atomic E-state index is 0.746. The van der Waals surface area contributed by atoms with Crippen molar-refractivity contribution in [2.24, 2.45) is 0 Å². The van der Waals surface area contributed by atoms with Crippen LogP contribution in [0.25, 0.3) is 11.0 Å². The van der Waals surface area contributed by atoms with Crippen molar-refractivity contribution in [2.75, 3.05) is 4.90 Å². The fraction of sp³-hybridized carbons (Fsp3) is 0.0556. The second-order valence-electron chi connectivity index (χ2n) is 5.25. The van der Waals surface area contributed by atoms with E-state index in [4.69, 9.17) is 11.6 Å². The number of H-pyrrole nitrogens is 1. The minimum absolute atomic E-state index is 0.746. The topological polar surface area (TPSA) is 31.9 Å². The maximum atomic E-state index is 6.04. The Bertz CT molecular complexity index is 913. The van der Waals surface area contributed by atoms with E-state index in [9.17, 15) is 0 Å². The second kappa shape index (κ2) is 6.07. The summed E-state index contributed by atoms with van der Waals surface area (Å²) >= 11 is 7.73. The van der Waals surface area contributed by atoms with Crippen molar-refractivity contribution in [3.63, 3.8) is 0 Å². The number of nitrogens with zero attached hydrogens (tertiary/aromatic N) is 2. The van der Waals surface area contributed by atoms with Gasteiger partial charge in [0.05, 0.1) is 5.69 Å². The van der Waals surface area contributed by atoms with E-state index in [1.54, 1.807) is 11.3 Å². The second-order valence-corrected chi connectivity index (χ2v) is 6.47. The first-order chi connectivity index (χ1) is 11.3. The van der Waals surface area contributed by atoms with Gasteiger partial charge in [0, 0.05) is 40.4 Å². The molecule has 0 amide bonds. The van der Waals surface area contributed by atoms with Crippen LogP contribution in [-0.2, 0) is 6.54 Å². The highest BCUT2D eigenvalue weighted by molar-refractivity contribution is 7.08. The Balaban J connectivity index is 1.77. The molecule has 0 radical (unpaired) electrons. The smallest absolute Gasteiger partial charge is 0.137 e. The monoisotopic (exact) mass is 339 g/mol. The third-order valence-corrected chi connectivity index (χ3v) is 4.76. The van der Waals surface area contributed by atoms with Gasteiger partial charge in [-0.25, -0.2) is 4.98 Å². The van der Waals surface area contributed by atoms with Gasteiger partial charge in [-0.1, -0.05) is 11.6 Å². The van der Waals surface area contributed by atoms with Crippen LogP contribution >= 0.6 is 22.9 Å². The number of aromatic nitrogens is 2. The van der Waals surface area contributed by atoms with Gasteiger partial charge < -0.3 is 9.88 Å². The molecule has 0 bridgehead atoms. The summed E-state index contributed by atoms with van der Waals surface area (Å²) in [4.78, 5) is 9.82. The fourth-order valence-corrected chi connectivity index (χ4v) is 3.46. The van der Waals surface area contributed by atoms with E-state index in [1.165, 1.54) is 11.3 Å². The Morgan fingerprint density at radius 3 is 2.70 bits per heavy atom. The standard InChI is InChI=1S/C18H14ClN3S/c19-14-1-3-15(4-2-14)22(16-7-10-23-12-16)11-13-5-8-20-18-17(13)6-9-21-18/h1-10,12H,11H2,(H,20,21). The van der Waals surface area contributed by atoms with Crippen LogP contribution in [0.3, 0.4) is 0 Å². The van der Waals surface area contributed by atoms with E-state index in [-0.39, 0.29) is 0 Å². The molecular formula is C18H14ClN3S. The predicted molar refractivity (Wildman–Crippen MR) is 97.7 cm³/mol. The molecule has 1 aromatic carbocycles. The molecule has 114 valence electrons. The van der Waals surface area contributed by atoms with E-state index in [0.29, 0.717) is 0 Å². The van der Waals surface area contributed by atoms with Gasteiger partial charge in [0.1, 0.15) is 5.65 Å². The Labute approximate surface area is 143 Å². The van der Waals surface area contributed by atoms with E-state index >= 15 is 0 Å². The molecule has 4 rings (SSSR count). The van der Waals surface area contributed by atoms with Crippen LogP contribution < -0.4 is 4.90 Å². The summed E-state index contributed by atoms with van der Waals surface area (Å²) in [6.45, 7) is 0.773. The molecule has 0 atom stereocenters. The van der Waals surface area contributed by atoms with Gasteiger partial charge in [-0.3, -0.25) is 0 Å². The number of nitrogens with one attached hydrogen (secondary N) is 1. The molecule has 0 unspecified atom stereocenters. The number of rotatable bonds is 4. The molecule has 3 nitrogen and oxygen atoms in total. The third kappa shape index (κ3) is 2.83. The summed E-state index contributed by atoms with van der Waals surface area (Å²) in [6.07, 6.45) is 3.78. The van der Waals surface area contributed by atoms with E-state index < -0.39 is 0 Å². The van der Waals surface area contributed by atoms with Gasteiger partial charge in [0.25, 0.3) is 0 Å². The van der Waals surface area contributed by atoms with Crippen molar-refractivity contribution in [1.82, 2.24) is 9.97 Å². The zero-order valence-corrected chi connectivity index (χ0v) is 13.8. The highest BCUT2D eigenvalue weighted by atomic mass is 35.5. The van der Waals surface area contributed by atoms with Crippen LogP contribution in [0.4, 0.5) is 11.4 Å². The minimum Gasteiger partial charge on any atom is -0.346 e. The maximum absolute atomic E-state index is 6.04. The molecule has 23 heavy (non-hydrogen) atoms. The number of fused-ring (bicyclic) bond motifs is 1. The Hall–Kier alpha value is -2.30. The van der Waals surface area contributed by atoms with Gasteiger partial charge >= 0.3 is 0 Å². The molecule has 0 aliphatic carbocycles. The molecule has 3 aromatic heterocycles. The number of benzene rings is 1. The lowest BCUT2D eigenvalue weighted by molar-refractivity contribution is 0.985. The first-order valence-electron chi connectivity index (χ1n) is 7.27. The van der Waals surface area contributed by atoms with Crippen molar-refractivity contribution in [3.05, 3.63) is 76.2 Å². The van der Waals surface area contributed by atoms with Gasteiger partial charge in [-0.15, -0.1) is 0 Å². The van der Waals surface area contributed by atoms with Crippen LogP contribution in [0, 0.1) is 0 Å². The van der Waals surface area contributed by atoms with Crippen LogP contribution in [0.1, 0.15) is 5.56 Å². The summed E-state index contributed by atoms with van der Waals surface area (Å²) in [5.74, 6) is 0. The van der Waals surface area contributed by atoms with Crippen molar-refractivity contribution in [1.29, 1.82) is 0 Å². The summed E-state index contributed by atoms with van der Waals surface area (Å²) in [7, 11) is 0. The Morgan fingerprint density at radius 1 is 1.04 bits per heavy atom. The maximum Gasteiger partial charge on any atom is 0.137 e.